The Morgan fingerprint density at radius 3 is 2.42 bits per heavy atom. The van der Waals surface area contributed by atoms with Crippen LogP contribution in [0.4, 0.5) is 0 Å². The predicted octanol–water partition coefficient (Wildman–Crippen LogP) is 1.58. The molecule has 2 aromatic carbocycles. The minimum atomic E-state index is -1.15. The van der Waals surface area contributed by atoms with Crippen LogP contribution < -0.4 is 5.32 Å². The number of rotatable bonds is 5. The molecule has 2 N–H and O–H groups in total. The number of fused-ring (bicyclic) bond motifs is 1. The van der Waals surface area contributed by atoms with E-state index in [0.717, 1.165) is 5.56 Å². The number of benzene rings is 2. The monoisotopic (exact) mass is 324 g/mol. The van der Waals surface area contributed by atoms with Crippen LogP contribution in [0.25, 0.3) is 0 Å². The third-order valence-electron chi connectivity index (χ3n) is 3.92. The first kappa shape index (κ1) is 15.7. The Bertz CT molecular complexity index is 789. The third-order valence-corrected chi connectivity index (χ3v) is 3.92. The highest BCUT2D eigenvalue weighted by atomic mass is 16.4. The summed E-state index contributed by atoms with van der Waals surface area (Å²) < 4.78 is 0. The Kier molecular flexibility index (Phi) is 4.29. The van der Waals surface area contributed by atoms with Crippen molar-refractivity contribution in [3.05, 3.63) is 71.3 Å². The number of carboxylic acid groups (broad SMARTS) is 1. The van der Waals surface area contributed by atoms with Crippen molar-refractivity contribution in [2.24, 2.45) is 0 Å². The normalized spacial score (nSPS) is 14.2. The van der Waals surface area contributed by atoms with E-state index in [2.05, 4.69) is 5.32 Å². The fraction of sp³-hybridized carbons (Fsp3) is 0.167. The van der Waals surface area contributed by atoms with E-state index < -0.39 is 17.9 Å². The van der Waals surface area contributed by atoms with Gasteiger partial charge >= 0.3 is 5.97 Å². The van der Waals surface area contributed by atoms with Gasteiger partial charge in [0.1, 0.15) is 6.54 Å². The Morgan fingerprint density at radius 1 is 1.08 bits per heavy atom. The molecule has 6 nitrogen and oxygen atoms in total. The Morgan fingerprint density at radius 2 is 1.75 bits per heavy atom. The van der Waals surface area contributed by atoms with Gasteiger partial charge in [-0.2, -0.15) is 0 Å². The van der Waals surface area contributed by atoms with Gasteiger partial charge in [-0.25, -0.2) is 4.79 Å². The SMILES string of the molecule is O=C(CN1Cc2ccccc2C1=O)N[C@H](C(=O)O)c1ccccc1. The van der Waals surface area contributed by atoms with Crippen molar-refractivity contribution in [3.63, 3.8) is 0 Å². The van der Waals surface area contributed by atoms with Gasteiger partial charge in [0.2, 0.25) is 5.91 Å². The molecule has 2 amide bonds. The van der Waals surface area contributed by atoms with E-state index in [1.807, 2.05) is 12.1 Å². The first-order valence-electron chi connectivity index (χ1n) is 7.50. The highest BCUT2D eigenvalue weighted by Gasteiger charge is 2.29. The van der Waals surface area contributed by atoms with Crippen LogP contribution in [0, 0.1) is 0 Å². The zero-order valence-electron chi connectivity index (χ0n) is 12.8. The second-order valence-corrected chi connectivity index (χ2v) is 5.57. The van der Waals surface area contributed by atoms with E-state index in [0.29, 0.717) is 17.7 Å². The number of hydrogen-bond acceptors (Lipinski definition) is 3. The predicted molar refractivity (Wildman–Crippen MR) is 86.1 cm³/mol. The Labute approximate surface area is 138 Å². The fourth-order valence-corrected chi connectivity index (χ4v) is 2.76. The zero-order valence-corrected chi connectivity index (χ0v) is 12.8. The van der Waals surface area contributed by atoms with Gasteiger partial charge in [-0.1, -0.05) is 48.5 Å². The molecule has 1 aliphatic rings. The van der Waals surface area contributed by atoms with Gasteiger partial charge in [-0.15, -0.1) is 0 Å². The summed E-state index contributed by atoms with van der Waals surface area (Å²) in [4.78, 5) is 37.3. The standard InChI is InChI=1S/C18H16N2O4/c21-15(19-16(18(23)24)12-6-2-1-3-7-12)11-20-10-13-8-4-5-9-14(13)17(20)22/h1-9,16H,10-11H2,(H,19,21)(H,23,24)/t16-/m0/s1. The molecule has 0 aliphatic carbocycles. The molecule has 6 heteroatoms. The molecule has 0 saturated heterocycles. The summed E-state index contributed by atoms with van der Waals surface area (Å²) in [5.41, 5.74) is 1.94. The lowest BCUT2D eigenvalue weighted by Crippen LogP contribution is -2.41. The highest BCUT2D eigenvalue weighted by molar-refractivity contribution is 6.00. The molecule has 0 unspecified atom stereocenters. The van der Waals surface area contributed by atoms with Crippen molar-refractivity contribution in [2.75, 3.05) is 6.54 Å². The second kappa shape index (κ2) is 6.54. The number of nitrogens with zero attached hydrogens (tertiary/aromatic N) is 1. The topological polar surface area (TPSA) is 86.7 Å². The summed E-state index contributed by atoms with van der Waals surface area (Å²) in [6.07, 6.45) is 0. The highest BCUT2D eigenvalue weighted by Crippen LogP contribution is 2.22. The molecule has 3 rings (SSSR count). The molecule has 0 aromatic heterocycles. The van der Waals surface area contributed by atoms with E-state index in [9.17, 15) is 19.5 Å². The molecule has 0 fully saturated rings. The second-order valence-electron chi connectivity index (χ2n) is 5.57. The summed E-state index contributed by atoms with van der Waals surface area (Å²) in [6.45, 7) is 0.176. The summed E-state index contributed by atoms with van der Waals surface area (Å²) >= 11 is 0. The average molecular weight is 324 g/mol. The third kappa shape index (κ3) is 3.12. The quantitative estimate of drug-likeness (QED) is 0.874. The van der Waals surface area contributed by atoms with Crippen LogP contribution >= 0.6 is 0 Å². The van der Waals surface area contributed by atoms with Gasteiger partial charge in [-0.3, -0.25) is 9.59 Å². The minimum absolute atomic E-state index is 0.176. The molecular weight excluding hydrogens is 308 g/mol. The number of aliphatic carboxylic acids is 1. The van der Waals surface area contributed by atoms with Crippen molar-refractivity contribution < 1.29 is 19.5 Å². The largest absolute Gasteiger partial charge is 0.479 e. The Balaban J connectivity index is 1.68. The van der Waals surface area contributed by atoms with Crippen LogP contribution in [0.1, 0.15) is 27.5 Å². The molecule has 0 radical (unpaired) electrons. The lowest BCUT2D eigenvalue weighted by molar-refractivity contribution is -0.142. The first-order chi connectivity index (χ1) is 11.6. The number of carboxylic acids is 1. The number of hydrogen-bond donors (Lipinski definition) is 2. The van der Waals surface area contributed by atoms with Gasteiger partial charge < -0.3 is 15.3 Å². The van der Waals surface area contributed by atoms with Crippen LogP contribution in [-0.2, 0) is 16.1 Å². The molecule has 1 aliphatic heterocycles. The number of carbonyl (C=O) groups is 3. The molecular formula is C18H16N2O4. The van der Waals surface area contributed by atoms with Gasteiger partial charge in [0.05, 0.1) is 0 Å². The molecule has 2 aromatic rings. The summed E-state index contributed by atoms with van der Waals surface area (Å²) in [7, 11) is 0. The summed E-state index contributed by atoms with van der Waals surface area (Å²) in [5, 5.41) is 11.8. The smallest absolute Gasteiger partial charge is 0.330 e. The average Bonchev–Trinajstić information content (AvgIpc) is 2.89. The van der Waals surface area contributed by atoms with Crippen LogP contribution in [0.5, 0.6) is 0 Å². The molecule has 122 valence electrons. The number of amides is 2. The maximum Gasteiger partial charge on any atom is 0.330 e. The van der Waals surface area contributed by atoms with Gasteiger partial charge in [0, 0.05) is 12.1 Å². The van der Waals surface area contributed by atoms with E-state index in [1.54, 1.807) is 42.5 Å². The maximum absolute atomic E-state index is 12.3. The first-order valence-corrected chi connectivity index (χ1v) is 7.50. The van der Waals surface area contributed by atoms with Crippen LogP contribution in [0.2, 0.25) is 0 Å². The van der Waals surface area contributed by atoms with Crippen molar-refractivity contribution >= 4 is 17.8 Å². The number of carbonyl (C=O) groups excluding carboxylic acids is 2. The fourth-order valence-electron chi connectivity index (χ4n) is 2.76. The lowest BCUT2D eigenvalue weighted by Gasteiger charge is -2.19. The molecule has 1 heterocycles. The van der Waals surface area contributed by atoms with Crippen LogP contribution in [0.3, 0.4) is 0 Å². The van der Waals surface area contributed by atoms with Gasteiger partial charge in [0.25, 0.3) is 5.91 Å². The van der Waals surface area contributed by atoms with Gasteiger partial charge in [-0.05, 0) is 17.2 Å². The molecule has 0 bridgehead atoms. The molecule has 24 heavy (non-hydrogen) atoms. The van der Waals surface area contributed by atoms with E-state index in [4.69, 9.17) is 0 Å². The van der Waals surface area contributed by atoms with Gasteiger partial charge in [0.15, 0.2) is 6.04 Å². The van der Waals surface area contributed by atoms with E-state index >= 15 is 0 Å². The molecule has 0 saturated carbocycles. The molecule has 1 atom stereocenters. The van der Waals surface area contributed by atoms with E-state index in [1.165, 1.54) is 4.90 Å². The van der Waals surface area contributed by atoms with Crippen LogP contribution in [-0.4, -0.2) is 34.3 Å². The van der Waals surface area contributed by atoms with Crippen LogP contribution in [0.15, 0.2) is 54.6 Å². The summed E-state index contributed by atoms with van der Waals surface area (Å²) in [5.74, 6) is -1.87. The maximum atomic E-state index is 12.3. The van der Waals surface area contributed by atoms with Crippen molar-refractivity contribution in [2.45, 2.75) is 12.6 Å². The molecule has 0 spiro atoms. The zero-order chi connectivity index (χ0) is 17.1. The number of nitrogens with one attached hydrogen (secondary N) is 1. The summed E-state index contributed by atoms with van der Waals surface area (Å²) in [6, 6.07) is 14.5. The van der Waals surface area contributed by atoms with E-state index in [-0.39, 0.29) is 12.5 Å². The van der Waals surface area contributed by atoms with Crippen molar-refractivity contribution in [1.29, 1.82) is 0 Å². The lowest BCUT2D eigenvalue weighted by atomic mass is 10.1. The Hall–Kier alpha value is -3.15. The minimum Gasteiger partial charge on any atom is -0.479 e. The van der Waals surface area contributed by atoms with Crippen molar-refractivity contribution in [1.82, 2.24) is 10.2 Å². The van der Waals surface area contributed by atoms with Crippen molar-refractivity contribution in [3.8, 4) is 0 Å².